The average Bonchev–Trinajstić information content (AvgIpc) is 3.10. The quantitative estimate of drug-likeness (QED) is 0.512. The number of rotatable bonds is 6. The van der Waals surface area contributed by atoms with E-state index >= 15 is 0 Å². The number of esters is 1. The van der Waals surface area contributed by atoms with E-state index in [-0.39, 0.29) is 29.1 Å². The van der Waals surface area contributed by atoms with Crippen LogP contribution in [0.1, 0.15) is 67.7 Å². The maximum absolute atomic E-state index is 12.9. The summed E-state index contributed by atoms with van der Waals surface area (Å²) in [6, 6.07) is 0. The van der Waals surface area contributed by atoms with Crippen molar-refractivity contribution in [1.82, 2.24) is 20.0 Å². The minimum Gasteiger partial charge on any atom is -0.465 e. The van der Waals surface area contributed by atoms with E-state index < -0.39 is 0 Å². The summed E-state index contributed by atoms with van der Waals surface area (Å²) in [7, 11) is 0. The Balaban J connectivity index is 1.36. The number of amides is 2. The molecule has 0 saturated carbocycles. The van der Waals surface area contributed by atoms with Crippen molar-refractivity contribution in [2.24, 2.45) is 11.3 Å². The molecule has 182 valence electrons. The zero-order valence-electron chi connectivity index (χ0n) is 19.9. The van der Waals surface area contributed by atoms with Crippen LogP contribution in [0.25, 0.3) is 0 Å². The molecule has 0 aliphatic carbocycles. The van der Waals surface area contributed by atoms with Gasteiger partial charge in [-0.1, -0.05) is 0 Å². The van der Waals surface area contributed by atoms with Crippen LogP contribution in [0.3, 0.4) is 0 Å². The lowest BCUT2D eigenvalue weighted by molar-refractivity contribution is -0.151. The Morgan fingerprint density at radius 1 is 1.24 bits per heavy atom. The van der Waals surface area contributed by atoms with E-state index in [9.17, 15) is 14.4 Å². The summed E-state index contributed by atoms with van der Waals surface area (Å²) >= 11 is 0. The number of hydrogen-bond donors (Lipinski definition) is 1. The Hall–Kier alpha value is -2.42. The van der Waals surface area contributed by atoms with Crippen molar-refractivity contribution in [2.45, 2.75) is 65.3 Å². The lowest BCUT2D eigenvalue weighted by atomic mass is 9.75. The van der Waals surface area contributed by atoms with E-state index in [0.717, 1.165) is 43.7 Å². The van der Waals surface area contributed by atoms with Gasteiger partial charge in [-0.3, -0.25) is 19.1 Å². The summed E-state index contributed by atoms with van der Waals surface area (Å²) < 4.78 is 12.9. The van der Waals surface area contributed by atoms with Gasteiger partial charge in [-0.2, -0.15) is 5.10 Å². The number of carbonyl (C=O) groups is 3. The first-order valence-electron chi connectivity index (χ1n) is 12.3. The SMILES string of the molecule is CCn1nc(CCCOC(=O)C2CCN(C(C)=O)CC2)c2c1C(=O)NCC1(CCOCC1)C2. The zero-order valence-corrected chi connectivity index (χ0v) is 19.9. The van der Waals surface area contributed by atoms with Gasteiger partial charge < -0.3 is 19.7 Å². The van der Waals surface area contributed by atoms with Crippen molar-refractivity contribution < 1.29 is 23.9 Å². The van der Waals surface area contributed by atoms with Gasteiger partial charge in [0, 0.05) is 51.9 Å². The third-order valence-corrected chi connectivity index (χ3v) is 7.45. The van der Waals surface area contributed by atoms with Crippen molar-refractivity contribution in [3.8, 4) is 0 Å². The number of carbonyl (C=O) groups excluding carboxylic acids is 3. The molecule has 0 bridgehead atoms. The molecule has 1 aromatic heterocycles. The first-order valence-corrected chi connectivity index (χ1v) is 12.3. The normalized spacial score (nSPS) is 20.8. The Labute approximate surface area is 195 Å². The summed E-state index contributed by atoms with van der Waals surface area (Å²) in [5.74, 6) is -0.286. The minimum absolute atomic E-state index is 0.0245. The molecule has 2 fully saturated rings. The maximum Gasteiger partial charge on any atom is 0.309 e. The van der Waals surface area contributed by atoms with Gasteiger partial charge in [0.25, 0.3) is 5.91 Å². The second-order valence-corrected chi connectivity index (χ2v) is 9.61. The smallest absolute Gasteiger partial charge is 0.309 e. The number of aromatic nitrogens is 2. The van der Waals surface area contributed by atoms with Crippen molar-refractivity contribution in [1.29, 1.82) is 0 Å². The summed E-state index contributed by atoms with van der Waals surface area (Å²) in [6.45, 7) is 7.89. The molecule has 4 heterocycles. The Bertz CT molecular complexity index is 882. The minimum atomic E-state index is -0.170. The predicted molar refractivity (Wildman–Crippen MR) is 121 cm³/mol. The molecule has 1 spiro atoms. The van der Waals surface area contributed by atoms with Crippen molar-refractivity contribution in [2.75, 3.05) is 39.5 Å². The number of hydrogen-bond acceptors (Lipinski definition) is 6. The fraction of sp³-hybridized carbons (Fsp3) is 0.750. The number of nitrogens with one attached hydrogen (secondary N) is 1. The monoisotopic (exact) mass is 460 g/mol. The molecule has 3 aliphatic rings. The van der Waals surface area contributed by atoms with Gasteiger partial charge in [0.05, 0.1) is 18.2 Å². The number of ether oxygens (including phenoxy) is 2. The van der Waals surface area contributed by atoms with Crippen LogP contribution in [0.4, 0.5) is 0 Å². The van der Waals surface area contributed by atoms with E-state index in [1.54, 1.807) is 11.8 Å². The fourth-order valence-electron chi connectivity index (χ4n) is 5.33. The van der Waals surface area contributed by atoms with Gasteiger partial charge in [-0.05, 0) is 57.3 Å². The van der Waals surface area contributed by atoms with Gasteiger partial charge in [0.15, 0.2) is 0 Å². The molecule has 1 N–H and O–H groups in total. The number of aryl methyl sites for hydroxylation is 2. The van der Waals surface area contributed by atoms with Gasteiger partial charge in [0.2, 0.25) is 5.91 Å². The number of nitrogens with zero attached hydrogens (tertiary/aromatic N) is 3. The zero-order chi connectivity index (χ0) is 23.4. The first-order chi connectivity index (χ1) is 15.9. The Kier molecular flexibility index (Phi) is 7.36. The summed E-state index contributed by atoms with van der Waals surface area (Å²) in [4.78, 5) is 38.6. The molecule has 9 heteroatoms. The van der Waals surface area contributed by atoms with Gasteiger partial charge >= 0.3 is 5.97 Å². The molecule has 9 nitrogen and oxygen atoms in total. The molecule has 33 heavy (non-hydrogen) atoms. The molecule has 0 aromatic carbocycles. The number of likely N-dealkylation sites (tertiary alicyclic amines) is 1. The summed E-state index contributed by atoms with van der Waals surface area (Å²) in [5.41, 5.74) is 2.71. The van der Waals surface area contributed by atoms with Crippen LogP contribution in [0.15, 0.2) is 0 Å². The largest absolute Gasteiger partial charge is 0.465 e. The fourth-order valence-corrected chi connectivity index (χ4v) is 5.33. The van der Waals surface area contributed by atoms with Gasteiger partial charge in [0.1, 0.15) is 5.69 Å². The number of piperidine rings is 1. The van der Waals surface area contributed by atoms with Crippen molar-refractivity contribution >= 4 is 17.8 Å². The Morgan fingerprint density at radius 2 is 1.97 bits per heavy atom. The van der Waals surface area contributed by atoms with Crippen molar-refractivity contribution in [3.63, 3.8) is 0 Å². The third-order valence-electron chi connectivity index (χ3n) is 7.45. The molecule has 0 unspecified atom stereocenters. The van der Waals surface area contributed by atoms with Crippen LogP contribution in [0.2, 0.25) is 0 Å². The van der Waals surface area contributed by atoms with Crippen LogP contribution in [-0.4, -0.2) is 71.9 Å². The van der Waals surface area contributed by atoms with E-state index in [0.29, 0.717) is 64.2 Å². The predicted octanol–water partition coefficient (Wildman–Crippen LogP) is 1.72. The number of fused-ring (bicyclic) bond motifs is 1. The maximum atomic E-state index is 12.9. The standard InChI is InChI=1S/C24H36N4O5/c1-3-28-21-19(15-24(16-25-22(21)30)8-13-32-14-9-24)20(26-28)5-4-12-33-23(31)18-6-10-27(11-7-18)17(2)29/h18H,3-16H2,1-2H3,(H,25,30). The lowest BCUT2D eigenvalue weighted by Gasteiger charge is -2.36. The molecule has 0 atom stereocenters. The lowest BCUT2D eigenvalue weighted by Crippen LogP contribution is -2.40. The van der Waals surface area contributed by atoms with E-state index in [1.165, 1.54) is 0 Å². The molecule has 4 rings (SSSR count). The van der Waals surface area contributed by atoms with Crippen LogP contribution in [0, 0.1) is 11.3 Å². The second kappa shape index (κ2) is 10.2. The Morgan fingerprint density at radius 3 is 2.64 bits per heavy atom. The molecule has 1 aromatic rings. The highest BCUT2D eigenvalue weighted by atomic mass is 16.5. The highest BCUT2D eigenvalue weighted by Gasteiger charge is 2.39. The first kappa shape index (κ1) is 23.7. The molecule has 2 saturated heterocycles. The van der Waals surface area contributed by atoms with E-state index in [1.807, 2.05) is 11.6 Å². The second-order valence-electron chi connectivity index (χ2n) is 9.61. The van der Waals surface area contributed by atoms with Crippen LogP contribution in [0.5, 0.6) is 0 Å². The van der Waals surface area contributed by atoms with E-state index in [2.05, 4.69) is 5.32 Å². The molecular formula is C24H36N4O5. The molecule has 2 amide bonds. The third kappa shape index (κ3) is 5.23. The summed E-state index contributed by atoms with van der Waals surface area (Å²) in [5, 5.41) is 7.89. The van der Waals surface area contributed by atoms with Crippen LogP contribution >= 0.6 is 0 Å². The average molecular weight is 461 g/mol. The van der Waals surface area contributed by atoms with Crippen LogP contribution in [-0.2, 0) is 38.4 Å². The van der Waals surface area contributed by atoms with E-state index in [4.69, 9.17) is 14.6 Å². The molecule has 0 radical (unpaired) electrons. The topological polar surface area (TPSA) is 103 Å². The molecule has 3 aliphatic heterocycles. The summed E-state index contributed by atoms with van der Waals surface area (Å²) in [6.07, 6.45) is 5.36. The highest BCUT2D eigenvalue weighted by Crippen LogP contribution is 2.37. The van der Waals surface area contributed by atoms with Crippen LogP contribution < -0.4 is 5.32 Å². The highest BCUT2D eigenvalue weighted by molar-refractivity contribution is 5.94. The van der Waals surface area contributed by atoms with Gasteiger partial charge in [-0.25, -0.2) is 0 Å². The van der Waals surface area contributed by atoms with Crippen molar-refractivity contribution in [3.05, 3.63) is 17.0 Å². The van der Waals surface area contributed by atoms with Gasteiger partial charge in [-0.15, -0.1) is 0 Å². The molecular weight excluding hydrogens is 424 g/mol.